The van der Waals surface area contributed by atoms with Crippen LogP contribution >= 0.6 is 0 Å². The van der Waals surface area contributed by atoms with Crippen LogP contribution in [-0.2, 0) is 9.59 Å². The summed E-state index contributed by atoms with van der Waals surface area (Å²) in [5.74, 6) is -1.42. The van der Waals surface area contributed by atoms with E-state index in [1.807, 2.05) is 19.9 Å². The van der Waals surface area contributed by atoms with Crippen molar-refractivity contribution >= 4 is 23.3 Å². The second-order valence-electron chi connectivity index (χ2n) is 4.54. The molecule has 0 saturated heterocycles. The molecular formula is C14H16N2O3. The van der Waals surface area contributed by atoms with E-state index in [2.05, 4.69) is 5.32 Å². The van der Waals surface area contributed by atoms with Gasteiger partial charge in [0.1, 0.15) is 6.54 Å². The maximum absolute atomic E-state index is 11.9. The maximum Gasteiger partial charge on any atom is 0.299 e. The second kappa shape index (κ2) is 5.22. The number of anilines is 1. The van der Waals surface area contributed by atoms with E-state index in [4.69, 9.17) is 0 Å². The minimum atomic E-state index is -0.629. The van der Waals surface area contributed by atoms with E-state index in [0.29, 0.717) is 17.8 Å². The van der Waals surface area contributed by atoms with Gasteiger partial charge in [-0.15, -0.1) is 0 Å². The van der Waals surface area contributed by atoms with Gasteiger partial charge in [0.15, 0.2) is 0 Å². The van der Waals surface area contributed by atoms with E-state index in [-0.39, 0.29) is 12.5 Å². The Labute approximate surface area is 111 Å². The number of benzene rings is 1. The number of para-hydroxylation sites is 1. The molecule has 5 heteroatoms. The number of carbonyl (C=O) groups is 3. The van der Waals surface area contributed by atoms with Crippen molar-refractivity contribution in [1.82, 2.24) is 5.32 Å². The van der Waals surface area contributed by atoms with Crippen molar-refractivity contribution in [2.75, 3.05) is 18.0 Å². The fraction of sp³-hybridized carbons (Fsp3) is 0.357. The van der Waals surface area contributed by atoms with E-state index in [0.717, 1.165) is 12.0 Å². The third-order valence-electron chi connectivity index (χ3n) is 3.07. The van der Waals surface area contributed by atoms with Gasteiger partial charge >= 0.3 is 0 Å². The highest BCUT2D eigenvalue weighted by Crippen LogP contribution is 2.31. The molecule has 5 nitrogen and oxygen atoms in total. The number of hydrogen-bond donors (Lipinski definition) is 1. The van der Waals surface area contributed by atoms with Gasteiger partial charge in [0.05, 0.1) is 11.3 Å². The molecule has 0 aromatic heterocycles. The summed E-state index contributed by atoms with van der Waals surface area (Å²) in [6.07, 6.45) is 0.828. The summed E-state index contributed by atoms with van der Waals surface area (Å²) in [5, 5.41) is 2.70. The van der Waals surface area contributed by atoms with Crippen LogP contribution < -0.4 is 10.2 Å². The van der Waals surface area contributed by atoms with E-state index in [1.165, 1.54) is 4.90 Å². The van der Waals surface area contributed by atoms with Crippen LogP contribution in [0.25, 0.3) is 0 Å². The first-order valence-electron chi connectivity index (χ1n) is 6.28. The smallest absolute Gasteiger partial charge is 0.299 e. The van der Waals surface area contributed by atoms with Crippen LogP contribution in [-0.4, -0.2) is 30.7 Å². The Morgan fingerprint density at radius 3 is 2.74 bits per heavy atom. The number of rotatable bonds is 4. The molecule has 0 atom stereocenters. The van der Waals surface area contributed by atoms with Crippen molar-refractivity contribution in [2.45, 2.75) is 20.3 Å². The number of nitrogens with zero attached hydrogens (tertiary/aromatic N) is 1. The Hall–Kier alpha value is -2.17. The molecule has 0 saturated carbocycles. The Bertz CT molecular complexity index is 552. The maximum atomic E-state index is 11.9. The van der Waals surface area contributed by atoms with E-state index in [9.17, 15) is 14.4 Å². The fourth-order valence-corrected chi connectivity index (χ4v) is 2.15. The predicted octanol–water partition coefficient (Wildman–Crippen LogP) is 1.05. The molecule has 0 unspecified atom stereocenters. The van der Waals surface area contributed by atoms with Gasteiger partial charge in [-0.1, -0.05) is 19.1 Å². The molecule has 100 valence electrons. The molecule has 2 rings (SSSR count). The summed E-state index contributed by atoms with van der Waals surface area (Å²) in [4.78, 5) is 36.7. The molecule has 0 bridgehead atoms. The summed E-state index contributed by atoms with van der Waals surface area (Å²) < 4.78 is 0. The first kappa shape index (κ1) is 13.3. The minimum Gasteiger partial charge on any atom is -0.355 e. The van der Waals surface area contributed by atoms with Crippen LogP contribution in [0.5, 0.6) is 0 Å². The highest BCUT2D eigenvalue weighted by Gasteiger charge is 2.37. The summed E-state index contributed by atoms with van der Waals surface area (Å²) in [7, 11) is 0. The van der Waals surface area contributed by atoms with E-state index in [1.54, 1.807) is 12.1 Å². The molecule has 0 radical (unpaired) electrons. The molecule has 1 heterocycles. The summed E-state index contributed by atoms with van der Waals surface area (Å²) in [6, 6.07) is 5.17. The van der Waals surface area contributed by atoms with Gasteiger partial charge in [-0.2, -0.15) is 0 Å². The van der Waals surface area contributed by atoms with Crippen molar-refractivity contribution in [3.63, 3.8) is 0 Å². The molecule has 19 heavy (non-hydrogen) atoms. The van der Waals surface area contributed by atoms with Crippen LogP contribution in [0, 0.1) is 6.92 Å². The summed E-state index contributed by atoms with van der Waals surface area (Å²) in [5.41, 5.74) is 1.76. The van der Waals surface area contributed by atoms with Crippen molar-refractivity contribution in [3.8, 4) is 0 Å². The van der Waals surface area contributed by atoms with Gasteiger partial charge < -0.3 is 5.32 Å². The average Bonchev–Trinajstić information content (AvgIpc) is 2.63. The molecule has 0 aliphatic carbocycles. The number of nitrogens with one attached hydrogen (secondary N) is 1. The third kappa shape index (κ3) is 2.36. The van der Waals surface area contributed by atoms with Crippen molar-refractivity contribution in [1.29, 1.82) is 0 Å². The zero-order valence-electron chi connectivity index (χ0n) is 11.0. The number of ketones is 1. The number of fused-ring (bicyclic) bond motifs is 1. The number of Topliss-reactive ketones (excluding diaryl/α,β-unsaturated/α-hetero) is 1. The van der Waals surface area contributed by atoms with Crippen molar-refractivity contribution < 1.29 is 14.4 Å². The average molecular weight is 260 g/mol. The number of hydrogen-bond acceptors (Lipinski definition) is 3. The van der Waals surface area contributed by atoms with Crippen LogP contribution in [0.3, 0.4) is 0 Å². The lowest BCUT2D eigenvalue weighted by Crippen LogP contribution is -2.40. The third-order valence-corrected chi connectivity index (χ3v) is 3.07. The van der Waals surface area contributed by atoms with Crippen LogP contribution in [0.1, 0.15) is 29.3 Å². The molecule has 2 amide bonds. The van der Waals surface area contributed by atoms with Crippen LogP contribution in [0.2, 0.25) is 0 Å². The molecule has 1 aromatic rings. The Morgan fingerprint density at radius 2 is 2.05 bits per heavy atom. The molecule has 1 aromatic carbocycles. The molecule has 0 fully saturated rings. The highest BCUT2D eigenvalue weighted by molar-refractivity contribution is 6.52. The predicted molar refractivity (Wildman–Crippen MR) is 71.2 cm³/mol. The van der Waals surface area contributed by atoms with E-state index < -0.39 is 11.7 Å². The monoisotopic (exact) mass is 260 g/mol. The fourth-order valence-electron chi connectivity index (χ4n) is 2.15. The number of amides is 2. The van der Waals surface area contributed by atoms with Gasteiger partial charge in [-0.3, -0.25) is 19.3 Å². The topological polar surface area (TPSA) is 66.5 Å². The quantitative estimate of drug-likeness (QED) is 0.823. The summed E-state index contributed by atoms with van der Waals surface area (Å²) >= 11 is 0. The largest absolute Gasteiger partial charge is 0.355 e. The van der Waals surface area contributed by atoms with Gasteiger partial charge in [-0.05, 0) is 25.0 Å². The Balaban J connectivity index is 2.26. The van der Waals surface area contributed by atoms with Crippen LogP contribution in [0.4, 0.5) is 5.69 Å². The lowest BCUT2D eigenvalue weighted by atomic mass is 10.1. The molecule has 1 aliphatic rings. The SMILES string of the molecule is CCCNC(=O)CN1C(=O)C(=O)c2cccc(C)c21. The van der Waals surface area contributed by atoms with E-state index >= 15 is 0 Å². The molecule has 1 aliphatic heterocycles. The molecule has 0 spiro atoms. The van der Waals surface area contributed by atoms with Gasteiger partial charge in [-0.25, -0.2) is 0 Å². The normalized spacial score (nSPS) is 13.7. The summed E-state index contributed by atoms with van der Waals surface area (Å²) in [6.45, 7) is 4.23. The molecular weight excluding hydrogens is 244 g/mol. The lowest BCUT2D eigenvalue weighted by Gasteiger charge is -2.17. The Kier molecular flexibility index (Phi) is 3.64. The second-order valence-corrected chi connectivity index (χ2v) is 4.54. The standard InChI is InChI=1S/C14H16N2O3/c1-3-7-15-11(17)8-16-12-9(2)5-4-6-10(12)13(18)14(16)19/h4-6H,3,7-8H2,1-2H3,(H,15,17). The number of aryl methyl sites for hydroxylation is 1. The highest BCUT2D eigenvalue weighted by atomic mass is 16.2. The first-order chi connectivity index (χ1) is 9.06. The zero-order chi connectivity index (χ0) is 14.0. The van der Waals surface area contributed by atoms with Gasteiger partial charge in [0, 0.05) is 6.54 Å². The molecule has 1 N–H and O–H groups in total. The minimum absolute atomic E-state index is 0.109. The van der Waals surface area contributed by atoms with Gasteiger partial charge in [0.25, 0.3) is 11.7 Å². The van der Waals surface area contributed by atoms with Crippen molar-refractivity contribution in [2.24, 2.45) is 0 Å². The first-order valence-corrected chi connectivity index (χ1v) is 6.28. The lowest BCUT2D eigenvalue weighted by molar-refractivity contribution is -0.122. The number of carbonyl (C=O) groups excluding carboxylic acids is 3. The Morgan fingerprint density at radius 1 is 1.32 bits per heavy atom. The van der Waals surface area contributed by atoms with Gasteiger partial charge in [0.2, 0.25) is 5.91 Å². The zero-order valence-corrected chi connectivity index (χ0v) is 11.0. The van der Waals surface area contributed by atoms with Crippen molar-refractivity contribution in [3.05, 3.63) is 29.3 Å². The van der Waals surface area contributed by atoms with Crippen LogP contribution in [0.15, 0.2) is 18.2 Å².